The Hall–Kier alpha value is -3.02. The van der Waals surface area contributed by atoms with Crippen LogP contribution in [0.25, 0.3) is 0 Å². The van der Waals surface area contributed by atoms with Crippen molar-refractivity contribution in [2.24, 2.45) is 5.41 Å². The van der Waals surface area contributed by atoms with E-state index in [-0.39, 0.29) is 0 Å². The molecule has 2 saturated heterocycles. The first-order valence-electron chi connectivity index (χ1n) is 10.5. The van der Waals surface area contributed by atoms with Crippen LogP contribution in [0.1, 0.15) is 27.0 Å². The van der Waals surface area contributed by atoms with E-state index >= 15 is 0 Å². The number of rotatable bonds is 7. The molecule has 3 heterocycles. The lowest BCUT2D eigenvalue weighted by Gasteiger charge is -2.30. The van der Waals surface area contributed by atoms with E-state index in [4.69, 9.17) is 23.0 Å². The average Bonchev–Trinajstić information content (AvgIpc) is 3.09. The fourth-order valence-corrected chi connectivity index (χ4v) is 6.02. The summed E-state index contributed by atoms with van der Waals surface area (Å²) < 4.78 is 46.0. The van der Waals surface area contributed by atoms with Crippen molar-refractivity contribution in [3.05, 3.63) is 33.1 Å². The molecule has 3 fully saturated rings. The molecule has 0 bridgehead atoms. The van der Waals surface area contributed by atoms with Gasteiger partial charge in [-0.25, -0.2) is 18.9 Å². The number of carbonyl (C=O) groups excluding carboxylic acids is 2. The minimum atomic E-state index is -4.34. The fourth-order valence-electron chi connectivity index (χ4n) is 4.22. The van der Waals surface area contributed by atoms with Crippen LogP contribution in [-0.4, -0.2) is 65.3 Å². The maximum absolute atomic E-state index is 13.2. The molecular formula is C19H23N4O11P. The van der Waals surface area contributed by atoms with Crippen LogP contribution < -0.4 is 16.6 Å². The lowest BCUT2D eigenvalue weighted by atomic mass is 9.82. The quantitative estimate of drug-likeness (QED) is 0.363. The summed E-state index contributed by atoms with van der Waals surface area (Å²) in [7, 11) is -3.25. The molecule has 1 aromatic rings. The monoisotopic (exact) mass is 514 g/mol. The average molecular weight is 514 g/mol. The maximum atomic E-state index is 13.2. The smallest absolute Gasteiger partial charge is 0.461 e. The third-order valence-electron chi connectivity index (χ3n) is 5.95. The number of aromatic nitrogens is 2. The minimum absolute atomic E-state index is 0.507. The number of amides is 1. The topological polar surface area (TPSA) is 197 Å². The number of nitriles is 1. The molecule has 16 heteroatoms. The van der Waals surface area contributed by atoms with Crippen LogP contribution in [0.15, 0.2) is 21.9 Å². The van der Waals surface area contributed by atoms with Gasteiger partial charge in [0.15, 0.2) is 17.9 Å². The number of phosphoric acid groups is 1. The van der Waals surface area contributed by atoms with Crippen LogP contribution in [0, 0.1) is 16.7 Å². The number of carbonyl (C=O) groups is 2. The van der Waals surface area contributed by atoms with Gasteiger partial charge in [0.1, 0.15) is 17.6 Å². The molecule has 1 aliphatic carbocycles. The standard InChI is InChI=1S/C19H23N4O11P/c1-9(2)31-14(25)10(21-17(27)29-4)7-30-35(28)33-13-12-19(13,34-35)18(3,8-20)15(32-12)23-6-5-11(24)22-16(23)26/h5-6,9-10,12-13,15H,7H2,1-4H3,(H,21,27)(H,22,24,26)/t10-,12-,13?,15-,18+,19+,35-/m1/s1. The number of nitrogens with one attached hydrogen (secondary N) is 2. The highest BCUT2D eigenvalue weighted by Gasteiger charge is 2.91. The summed E-state index contributed by atoms with van der Waals surface area (Å²) in [5.41, 5.74) is -4.56. The molecule has 0 aromatic carbocycles. The summed E-state index contributed by atoms with van der Waals surface area (Å²) in [6.07, 6.45) is -3.29. The van der Waals surface area contributed by atoms with Gasteiger partial charge in [0.25, 0.3) is 5.56 Å². The van der Waals surface area contributed by atoms with E-state index in [2.05, 4.69) is 21.1 Å². The van der Waals surface area contributed by atoms with E-state index < -0.39 is 79.3 Å². The molecule has 1 amide bonds. The first-order chi connectivity index (χ1) is 16.4. The number of H-pyrrole nitrogens is 1. The Bertz CT molecular complexity index is 1250. The molecule has 190 valence electrons. The molecule has 4 rings (SSSR count). The number of hydrogen-bond acceptors (Lipinski definition) is 12. The maximum Gasteiger partial charge on any atom is 0.476 e. The number of nitrogens with zero attached hydrogens (tertiary/aromatic N) is 2. The highest BCUT2D eigenvalue weighted by atomic mass is 31.2. The molecule has 35 heavy (non-hydrogen) atoms. The number of phosphoric ester groups is 1. The number of esters is 1. The lowest BCUT2D eigenvalue weighted by molar-refractivity contribution is -0.150. The lowest BCUT2D eigenvalue weighted by Crippen LogP contribution is -2.45. The third kappa shape index (κ3) is 3.97. The fraction of sp³-hybridized carbons (Fsp3) is 0.632. The number of hydrogen-bond donors (Lipinski definition) is 2. The summed E-state index contributed by atoms with van der Waals surface area (Å²) in [5.74, 6) is -0.874. The summed E-state index contributed by atoms with van der Waals surface area (Å²) in [6, 6.07) is 1.74. The Labute approximate surface area is 197 Å². The van der Waals surface area contributed by atoms with Gasteiger partial charge in [0.2, 0.25) is 0 Å². The Morgan fingerprint density at radius 2 is 2.09 bits per heavy atom. The van der Waals surface area contributed by atoms with Crippen molar-refractivity contribution in [3.63, 3.8) is 0 Å². The molecule has 7 atom stereocenters. The van der Waals surface area contributed by atoms with Crippen molar-refractivity contribution in [3.8, 4) is 6.07 Å². The number of ether oxygens (including phenoxy) is 3. The van der Waals surface area contributed by atoms with Gasteiger partial charge in [0.05, 0.1) is 25.9 Å². The number of fused-ring (bicyclic) bond motifs is 1. The molecule has 15 nitrogen and oxygen atoms in total. The molecule has 1 aromatic heterocycles. The van der Waals surface area contributed by atoms with Crippen LogP contribution >= 0.6 is 7.82 Å². The van der Waals surface area contributed by atoms with Crippen LogP contribution in [0.4, 0.5) is 4.79 Å². The summed E-state index contributed by atoms with van der Waals surface area (Å²) in [5, 5.41) is 12.2. The minimum Gasteiger partial charge on any atom is -0.461 e. The molecule has 1 saturated carbocycles. The van der Waals surface area contributed by atoms with Crippen molar-refractivity contribution in [2.75, 3.05) is 13.7 Å². The molecule has 2 N–H and O–H groups in total. The van der Waals surface area contributed by atoms with E-state index in [1.54, 1.807) is 13.8 Å². The predicted molar refractivity (Wildman–Crippen MR) is 112 cm³/mol. The second kappa shape index (κ2) is 8.58. The molecule has 2 aliphatic heterocycles. The van der Waals surface area contributed by atoms with Crippen molar-refractivity contribution < 1.29 is 41.9 Å². The van der Waals surface area contributed by atoms with Gasteiger partial charge in [-0.2, -0.15) is 5.26 Å². The summed E-state index contributed by atoms with van der Waals surface area (Å²) >= 11 is 0. The Balaban J connectivity index is 1.52. The van der Waals surface area contributed by atoms with Crippen molar-refractivity contribution in [1.82, 2.24) is 14.9 Å². The van der Waals surface area contributed by atoms with Gasteiger partial charge in [0, 0.05) is 12.3 Å². The second-order valence-electron chi connectivity index (χ2n) is 8.57. The van der Waals surface area contributed by atoms with E-state index in [0.717, 1.165) is 17.7 Å². The zero-order chi connectivity index (χ0) is 25.8. The zero-order valence-corrected chi connectivity index (χ0v) is 20.0. The second-order valence-corrected chi connectivity index (χ2v) is 10.1. The van der Waals surface area contributed by atoms with Crippen molar-refractivity contribution in [2.45, 2.75) is 57.0 Å². The third-order valence-corrected chi connectivity index (χ3v) is 7.42. The van der Waals surface area contributed by atoms with Gasteiger partial charge >= 0.3 is 25.6 Å². The van der Waals surface area contributed by atoms with Crippen molar-refractivity contribution in [1.29, 1.82) is 5.26 Å². The molecule has 1 unspecified atom stereocenters. The molecule has 3 aliphatic rings. The highest BCUT2D eigenvalue weighted by Crippen LogP contribution is 2.79. The van der Waals surface area contributed by atoms with Gasteiger partial charge in [-0.3, -0.25) is 27.9 Å². The van der Waals surface area contributed by atoms with Gasteiger partial charge in [-0.1, -0.05) is 0 Å². The Morgan fingerprint density at radius 3 is 2.69 bits per heavy atom. The number of alkyl carbamates (subject to hydrolysis) is 1. The van der Waals surface area contributed by atoms with Crippen LogP contribution in [0.5, 0.6) is 0 Å². The van der Waals surface area contributed by atoms with E-state index in [1.807, 2.05) is 0 Å². The van der Waals surface area contributed by atoms with Crippen LogP contribution in [0.2, 0.25) is 0 Å². The predicted octanol–water partition coefficient (Wildman–Crippen LogP) is -0.0674. The first kappa shape index (κ1) is 25.1. The van der Waals surface area contributed by atoms with E-state index in [1.165, 1.54) is 13.1 Å². The zero-order valence-electron chi connectivity index (χ0n) is 19.1. The van der Waals surface area contributed by atoms with Gasteiger partial charge < -0.3 is 19.5 Å². The van der Waals surface area contributed by atoms with E-state index in [9.17, 15) is 29.0 Å². The summed E-state index contributed by atoms with van der Waals surface area (Å²) in [6.45, 7) is 3.98. The normalized spacial score (nSPS) is 35.5. The number of aromatic amines is 1. The highest BCUT2D eigenvalue weighted by molar-refractivity contribution is 7.48. The van der Waals surface area contributed by atoms with E-state index in [0.29, 0.717) is 0 Å². The van der Waals surface area contributed by atoms with Gasteiger partial charge in [-0.15, -0.1) is 0 Å². The first-order valence-corrected chi connectivity index (χ1v) is 11.9. The van der Waals surface area contributed by atoms with Gasteiger partial charge in [-0.05, 0) is 20.8 Å². The Morgan fingerprint density at radius 1 is 1.37 bits per heavy atom. The Kier molecular flexibility index (Phi) is 6.15. The molecular weight excluding hydrogens is 491 g/mol. The van der Waals surface area contributed by atoms with Crippen molar-refractivity contribution >= 4 is 19.9 Å². The largest absolute Gasteiger partial charge is 0.476 e. The SMILES string of the molecule is COC(=O)N[C@H](CO[P@]1(=O)OC2[C@H]3O[C@@H](n4ccc(=O)[nH]c4=O)[C@](C)(C#N)[C@@]23O1)C(=O)OC(C)C. The summed E-state index contributed by atoms with van der Waals surface area (Å²) in [4.78, 5) is 49.7. The van der Waals surface area contributed by atoms with Crippen LogP contribution in [0.3, 0.4) is 0 Å². The van der Waals surface area contributed by atoms with Crippen LogP contribution in [-0.2, 0) is 37.1 Å². The molecule has 1 spiro atoms. The molecule has 0 radical (unpaired) electrons. The number of methoxy groups -OCH3 is 1.